The van der Waals surface area contributed by atoms with Gasteiger partial charge in [-0.05, 0) is 36.4 Å². The zero-order valence-corrected chi connectivity index (χ0v) is 10.8. The summed E-state index contributed by atoms with van der Waals surface area (Å²) < 4.78 is 27.7. The van der Waals surface area contributed by atoms with Crippen LogP contribution in [0.4, 0.5) is 8.78 Å². The average molecular weight is 282 g/mol. The van der Waals surface area contributed by atoms with Crippen LogP contribution in [0.25, 0.3) is 11.4 Å². The largest absolute Gasteiger partial charge is 0.481 e. The van der Waals surface area contributed by atoms with Gasteiger partial charge in [0.2, 0.25) is 0 Å². The Bertz CT molecular complexity index is 624. The van der Waals surface area contributed by atoms with Gasteiger partial charge in [0.25, 0.3) is 0 Å². The molecule has 6 nitrogen and oxygen atoms in total. The number of rotatable bonds is 4. The molecule has 0 bridgehead atoms. The van der Waals surface area contributed by atoms with Crippen molar-refractivity contribution >= 4 is 5.97 Å². The highest BCUT2D eigenvalue weighted by Gasteiger charge is 2.25. The lowest BCUT2D eigenvalue weighted by Crippen LogP contribution is -2.23. The van der Waals surface area contributed by atoms with E-state index in [0.717, 1.165) is 18.2 Å². The summed E-state index contributed by atoms with van der Waals surface area (Å²) in [6, 6.07) is 2.34. The molecule has 0 aliphatic rings. The van der Waals surface area contributed by atoms with Crippen LogP contribution in [-0.4, -0.2) is 31.3 Å². The molecule has 2 atom stereocenters. The lowest BCUT2D eigenvalue weighted by Gasteiger charge is -2.17. The Morgan fingerprint density at radius 1 is 1.25 bits per heavy atom. The molecule has 8 heteroatoms. The van der Waals surface area contributed by atoms with Gasteiger partial charge in [-0.25, -0.2) is 13.5 Å². The number of hydrogen-bond donors (Lipinski definition) is 1. The van der Waals surface area contributed by atoms with Crippen molar-refractivity contribution < 1.29 is 18.7 Å². The number of aliphatic carboxylic acids is 1. The van der Waals surface area contributed by atoms with Crippen LogP contribution in [0.15, 0.2) is 18.2 Å². The van der Waals surface area contributed by atoms with Crippen molar-refractivity contribution in [3.05, 3.63) is 29.8 Å². The minimum Gasteiger partial charge on any atom is -0.481 e. The number of carbonyl (C=O) groups is 1. The molecule has 2 aromatic rings. The maximum atomic E-state index is 13.2. The predicted molar refractivity (Wildman–Crippen MR) is 64.7 cm³/mol. The third-order valence-corrected chi connectivity index (χ3v) is 3.11. The molecule has 0 aliphatic carbocycles. The summed E-state index contributed by atoms with van der Waals surface area (Å²) in [5.74, 6) is -3.16. The van der Waals surface area contributed by atoms with Crippen LogP contribution in [0.2, 0.25) is 0 Å². The summed E-state index contributed by atoms with van der Waals surface area (Å²) >= 11 is 0. The van der Waals surface area contributed by atoms with Crippen LogP contribution < -0.4 is 0 Å². The first-order chi connectivity index (χ1) is 9.40. The van der Waals surface area contributed by atoms with Crippen molar-refractivity contribution in [2.24, 2.45) is 5.92 Å². The molecule has 1 aromatic carbocycles. The molecular weight excluding hydrogens is 270 g/mol. The second kappa shape index (κ2) is 5.32. The number of benzene rings is 1. The van der Waals surface area contributed by atoms with Crippen LogP contribution in [0.1, 0.15) is 19.9 Å². The fourth-order valence-electron chi connectivity index (χ4n) is 1.76. The Labute approximate surface area is 113 Å². The molecule has 2 rings (SSSR count). The van der Waals surface area contributed by atoms with E-state index in [1.165, 1.54) is 11.6 Å². The highest BCUT2D eigenvalue weighted by Crippen LogP contribution is 2.24. The Balaban J connectivity index is 2.45. The van der Waals surface area contributed by atoms with Crippen molar-refractivity contribution in [1.29, 1.82) is 0 Å². The van der Waals surface area contributed by atoms with Gasteiger partial charge in [-0.15, -0.1) is 5.10 Å². The quantitative estimate of drug-likeness (QED) is 0.926. The van der Waals surface area contributed by atoms with Crippen LogP contribution in [0, 0.1) is 17.6 Å². The first-order valence-corrected chi connectivity index (χ1v) is 5.87. The molecule has 2 unspecified atom stereocenters. The number of carboxylic acid groups (broad SMARTS) is 1. The van der Waals surface area contributed by atoms with Crippen LogP contribution in [-0.2, 0) is 4.79 Å². The summed E-state index contributed by atoms with van der Waals surface area (Å²) in [5.41, 5.74) is 0.150. The SMILES string of the molecule is CC(C(=O)O)C(C)n1nnnc1-c1cc(F)cc(F)c1. The van der Waals surface area contributed by atoms with E-state index in [2.05, 4.69) is 15.5 Å². The molecule has 1 N–H and O–H groups in total. The van der Waals surface area contributed by atoms with E-state index in [4.69, 9.17) is 5.11 Å². The third kappa shape index (κ3) is 2.63. The first-order valence-electron chi connectivity index (χ1n) is 5.87. The molecule has 0 saturated carbocycles. The smallest absolute Gasteiger partial charge is 0.308 e. The molecular formula is C12H12F2N4O2. The second-order valence-electron chi connectivity index (χ2n) is 4.47. The van der Waals surface area contributed by atoms with Crippen LogP contribution >= 0.6 is 0 Å². The van der Waals surface area contributed by atoms with E-state index in [0.29, 0.717) is 0 Å². The van der Waals surface area contributed by atoms with Crippen molar-refractivity contribution in [3.8, 4) is 11.4 Å². The molecule has 0 fully saturated rings. The summed E-state index contributed by atoms with van der Waals surface area (Å²) in [5, 5.41) is 19.9. The Hall–Kier alpha value is -2.38. The molecule has 0 spiro atoms. The normalized spacial score (nSPS) is 14.0. The highest BCUT2D eigenvalue weighted by atomic mass is 19.1. The topological polar surface area (TPSA) is 80.9 Å². The molecule has 20 heavy (non-hydrogen) atoms. The fraction of sp³-hybridized carbons (Fsp3) is 0.333. The predicted octanol–water partition coefficient (Wildman–Crippen LogP) is 1.90. The van der Waals surface area contributed by atoms with Gasteiger partial charge in [-0.1, -0.05) is 0 Å². The highest BCUT2D eigenvalue weighted by molar-refractivity contribution is 5.70. The first kappa shape index (κ1) is 14.0. The van der Waals surface area contributed by atoms with Gasteiger partial charge in [0.1, 0.15) is 11.6 Å². The number of tetrazole rings is 1. The van der Waals surface area contributed by atoms with Crippen molar-refractivity contribution in [2.45, 2.75) is 19.9 Å². The minimum absolute atomic E-state index is 0.115. The van der Waals surface area contributed by atoms with Crippen molar-refractivity contribution in [3.63, 3.8) is 0 Å². The van der Waals surface area contributed by atoms with E-state index in [1.807, 2.05) is 0 Å². The van der Waals surface area contributed by atoms with Crippen LogP contribution in [0.5, 0.6) is 0 Å². The van der Waals surface area contributed by atoms with Crippen LogP contribution in [0.3, 0.4) is 0 Å². The maximum absolute atomic E-state index is 13.2. The van der Waals surface area contributed by atoms with Gasteiger partial charge in [0.15, 0.2) is 5.82 Å². The zero-order valence-electron chi connectivity index (χ0n) is 10.8. The molecule has 1 aromatic heterocycles. The maximum Gasteiger partial charge on any atom is 0.308 e. The Morgan fingerprint density at radius 2 is 1.85 bits per heavy atom. The van der Waals surface area contributed by atoms with Crippen molar-refractivity contribution in [2.75, 3.05) is 0 Å². The van der Waals surface area contributed by atoms with E-state index < -0.39 is 29.6 Å². The van der Waals surface area contributed by atoms with Crippen molar-refractivity contribution in [1.82, 2.24) is 20.2 Å². The zero-order chi connectivity index (χ0) is 14.9. The fourth-order valence-corrected chi connectivity index (χ4v) is 1.76. The Morgan fingerprint density at radius 3 is 2.40 bits per heavy atom. The number of halogens is 2. The molecule has 0 amide bonds. The number of hydrogen-bond acceptors (Lipinski definition) is 4. The monoisotopic (exact) mass is 282 g/mol. The van der Waals surface area contributed by atoms with E-state index >= 15 is 0 Å². The molecule has 0 aliphatic heterocycles. The lowest BCUT2D eigenvalue weighted by molar-refractivity contribution is -0.142. The van der Waals surface area contributed by atoms with Gasteiger partial charge < -0.3 is 5.11 Å². The summed E-state index contributed by atoms with van der Waals surface area (Å²) in [6.45, 7) is 3.12. The number of carboxylic acids is 1. The second-order valence-corrected chi connectivity index (χ2v) is 4.47. The number of nitrogens with zero attached hydrogens (tertiary/aromatic N) is 4. The molecule has 1 heterocycles. The van der Waals surface area contributed by atoms with E-state index in [-0.39, 0.29) is 11.4 Å². The van der Waals surface area contributed by atoms with Gasteiger partial charge >= 0.3 is 5.97 Å². The third-order valence-electron chi connectivity index (χ3n) is 3.11. The van der Waals surface area contributed by atoms with E-state index in [1.54, 1.807) is 6.92 Å². The van der Waals surface area contributed by atoms with Gasteiger partial charge in [0, 0.05) is 11.6 Å². The van der Waals surface area contributed by atoms with Gasteiger partial charge in [-0.2, -0.15) is 0 Å². The standard InChI is InChI=1S/C12H12F2N4O2/c1-6(12(19)20)7(2)18-11(15-16-17-18)8-3-9(13)5-10(14)4-8/h3-7H,1-2H3,(H,19,20). The molecule has 106 valence electrons. The summed E-state index contributed by atoms with van der Waals surface area (Å²) in [6.07, 6.45) is 0. The molecule has 0 saturated heterocycles. The Kier molecular flexibility index (Phi) is 3.73. The van der Waals surface area contributed by atoms with Gasteiger partial charge in [0.05, 0.1) is 12.0 Å². The summed E-state index contributed by atoms with van der Waals surface area (Å²) in [4.78, 5) is 11.0. The number of aromatic nitrogens is 4. The van der Waals surface area contributed by atoms with Gasteiger partial charge in [-0.3, -0.25) is 4.79 Å². The summed E-state index contributed by atoms with van der Waals surface area (Å²) in [7, 11) is 0. The van der Waals surface area contributed by atoms with E-state index in [9.17, 15) is 13.6 Å². The average Bonchev–Trinajstić information content (AvgIpc) is 2.84. The molecule has 0 radical (unpaired) electrons. The minimum atomic E-state index is -1.01. The lowest BCUT2D eigenvalue weighted by atomic mass is 10.0.